The molecular formula is C15H21NO3. The van der Waals surface area contributed by atoms with Gasteiger partial charge in [0.2, 0.25) is 0 Å². The quantitative estimate of drug-likeness (QED) is 0.826. The van der Waals surface area contributed by atoms with Crippen LogP contribution in [-0.2, 0) is 6.42 Å². The van der Waals surface area contributed by atoms with Gasteiger partial charge in [0.1, 0.15) is 0 Å². The summed E-state index contributed by atoms with van der Waals surface area (Å²) in [5.74, 6) is 1.83. The summed E-state index contributed by atoms with van der Waals surface area (Å²) in [7, 11) is 3.15. The minimum atomic E-state index is 0.520. The summed E-state index contributed by atoms with van der Waals surface area (Å²) in [5, 5.41) is 3.36. The van der Waals surface area contributed by atoms with Crippen molar-refractivity contribution in [1.82, 2.24) is 5.32 Å². The average Bonchev–Trinajstić information content (AvgIpc) is 2.47. The summed E-state index contributed by atoms with van der Waals surface area (Å²) in [6.45, 7) is 2.16. The minimum absolute atomic E-state index is 0.520. The number of hydrogen-bond donors (Lipinski definition) is 1. The number of methoxy groups -OCH3 is 2. The van der Waals surface area contributed by atoms with E-state index in [0.29, 0.717) is 23.0 Å². The Labute approximate surface area is 114 Å². The van der Waals surface area contributed by atoms with E-state index in [1.807, 2.05) is 12.1 Å². The molecule has 1 heterocycles. The van der Waals surface area contributed by atoms with E-state index in [9.17, 15) is 4.79 Å². The Morgan fingerprint density at radius 2 is 2.00 bits per heavy atom. The van der Waals surface area contributed by atoms with E-state index in [-0.39, 0.29) is 0 Å². The van der Waals surface area contributed by atoms with E-state index in [2.05, 4.69) is 5.32 Å². The molecule has 0 atom stereocenters. The average molecular weight is 263 g/mol. The van der Waals surface area contributed by atoms with E-state index < -0.39 is 0 Å². The van der Waals surface area contributed by atoms with E-state index >= 15 is 0 Å². The van der Waals surface area contributed by atoms with E-state index in [1.165, 1.54) is 12.8 Å². The Hall–Kier alpha value is -1.55. The Morgan fingerprint density at radius 1 is 1.26 bits per heavy atom. The van der Waals surface area contributed by atoms with Gasteiger partial charge in [0.15, 0.2) is 17.8 Å². The number of hydrogen-bond acceptors (Lipinski definition) is 4. The lowest BCUT2D eigenvalue weighted by Crippen LogP contribution is -2.28. The van der Waals surface area contributed by atoms with Crippen molar-refractivity contribution in [2.45, 2.75) is 19.3 Å². The van der Waals surface area contributed by atoms with E-state index in [0.717, 1.165) is 31.4 Å². The van der Waals surface area contributed by atoms with Crippen LogP contribution < -0.4 is 14.8 Å². The van der Waals surface area contributed by atoms with Crippen molar-refractivity contribution in [2.24, 2.45) is 5.92 Å². The lowest BCUT2D eigenvalue weighted by Gasteiger charge is -2.23. The fraction of sp³-hybridized carbons (Fsp3) is 0.533. The molecule has 0 unspecified atom stereocenters. The summed E-state index contributed by atoms with van der Waals surface area (Å²) < 4.78 is 10.5. The molecule has 0 aliphatic carbocycles. The molecule has 1 aromatic carbocycles. The Kier molecular flexibility index (Phi) is 4.80. The molecule has 0 aromatic heterocycles. The van der Waals surface area contributed by atoms with Gasteiger partial charge in [0.25, 0.3) is 0 Å². The molecule has 1 fully saturated rings. The van der Waals surface area contributed by atoms with Gasteiger partial charge < -0.3 is 14.8 Å². The molecule has 0 saturated carbocycles. The number of piperidine rings is 1. The standard InChI is InChI=1S/C15H21NO3/c1-18-14-9-12(7-11-3-5-16-6-4-11)8-13(10-17)15(14)19-2/h8-11,16H,3-7H2,1-2H3. The smallest absolute Gasteiger partial charge is 0.171 e. The van der Waals surface area contributed by atoms with Crippen molar-refractivity contribution in [2.75, 3.05) is 27.3 Å². The molecule has 1 aromatic rings. The van der Waals surface area contributed by atoms with Crippen molar-refractivity contribution in [3.8, 4) is 11.5 Å². The Bertz CT molecular complexity index is 439. The van der Waals surface area contributed by atoms with Gasteiger partial charge in [0.05, 0.1) is 19.8 Å². The van der Waals surface area contributed by atoms with Gasteiger partial charge >= 0.3 is 0 Å². The molecule has 0 amide bonds. The molecule has 0 bridgehead atoms. The summed E-state index contributed by atoms with van der Waals surface area (Å²) in [4.78, 5) is 11.2. The highest BCUT2D eigenvalue weighted by atomic mass is 16.5. The number of benzene rings is 1. The first-order chi connectivity index (χ1) is 9.28. The van der Waals surface area contributed by atoms with Crippen LogP contribution in [0.1, 0.15) is 28.8 Å². The van der Waals surface area contributed by atoms with Gasteiger partial charge in [-0.15, -0.1) is 0 Å². The van der Waals surface area contributed by atoms with Gasteiger partial charge in [-0.1, -0.05) is 0 Å². The lowest BCUT2D eigenvalue weighted by atomic mass is 9.90. The molecular weight excluding hydrogens is 242 g/mol. The lowest BCUT2D eigenvalue weighted by molar-refractivity contribution is 0.111. The van der Waals surface area contributed by atoms with Crippen LogP contribution in [0.25, 0.3) is 0 Å². The van der Waals surface area contributed by atoms with E-state index in [1.54, 1.807) is 14.2 Å². The zero-order valence-corrected chi connectivity index (χ0v) is 11.6. The fourth-order valence-corrected chi connectivity index (χ4v) is 2.68. The van der Waals surface area contributed by atoms with Crippen LogP contribution in [0, 0.1) is 5.92 Å². The van der Waals surface area contributed by atoms with Crippen molar-refractivity contribution < 1.29 is 14.3 Å². The molecule has 4 nitrogen and oxygen atoms in total. The van der Waals surface area contributed by atoms with Crippen LogP contribution in [0.4, 0.5) is 0 Å². The van der Waals surface area contributed by atoms with Gasteiger partial charge in [-0.05, 0) is 56.0 Å². The second kappa shape index (κ2) is 6.57. The maximum Gasteiger partial charge on any atom is 0.171 e. The number of nitrogens with one attached hydrogen (secondary N) is 1. The molecule has 19 heavy (non-hydrogen) atoms. The molecule has 0 spiro atoms. The highest BCUT2D eigenvalue weighted by Crippen LogP contribution is 2.33. The number of carbonyl (C=O) groups excluding carboxylic acids is 1. The predicted octanol–water partition coefficient (Wildman–Crippen LogP) is 2.06. The molecule has 1 aliphatic heterocycles. The maximum atomic E-state index is 11.2. The van der Waals surface area contributed by atoms with Gasteiger partial charge in [0, 0.05) is 0 Å². The summed E-state index contributed by atoms with van der Waals surface area (Å²) in [5.41, 5.74) is 1.71. The summed E-state index contributed by atoms with van der Waals surface area (Å²) in [6, 6.07) is 3.89. The zero-order chi connectivity index (χ0) is 13.7. The van der Waals surface area contributed by atoms with Crippen LogP contribution >= 0.6 is 0 Å². The zero-order valence-electron chi connectivity index (χ0n) is 11.6. The monoisotopic (exact) mass is 263 g/mol. The normalized spacial score (nSPS) is 16.1. The summed E-state index contributed by atoms with van der Waals surface area (Å²) in [6.07, 6.45) is 4.19. The van der Waals surface area contributed by atoms with Crippen LogP contribution in [0.15, 0.2) is 12.1 Å². The third kappa shape index (κ3) is 3.26. The first kappa shape index (κ1) is 13.9. The van der Waals surface area contributed by atoms with Crippen molar-refractivity contribution in [1.29, 1.82) is 0 Å². The topological polar surface area (TPSA) is 47.6 Å². The maximum absolute atomic E-state index is 11.2. The van der Waals surface area contributed by atoms with Crippen LogP contribution in [0.3, 0.4) is 0 Å². The Balaban J connectivity index is 2.22. The summed E-state index contributed by atoms with van der Waals surface area (Å²) >= 11 is 0. The van der Waals surface area contributed by atoms with Crippen LogP contribution in [-0.4, -0.2) is 33.6 Å². The van der Waals surface area contributed by atoms with Crippen LogP contribution in [0.5, 0.6) is 11.5 Å². The molecule has 104 valence electrons. The van der Waals surface area contributed by atoms with Crippen LogP contribution in [0.2, 0.25) is 0 Å². The van der Waals surface area contributed by atoms with Gasteiger partial charge in [-0.3, -0.25) is 4.79 Å². The minimum Gasteiger partial charge on any atom is -0.493 e. The highest BCUT2D eigenvalue weighted by molar-refractivity contribution is 5.81. The molecule has 1 aliphatic rings. The van der Waals surface area contributed by atoms with Crippen molar-refractivity contribution >= 4 is 6.29 Å². The molecule has 0 radical (unpaired) electrons. The largest absolute Gasteiger partial charge is 0.493 e. The molecule has 1 N–H and O–H groups in total. The molecule has 2 rings (SSSR count). The second-order valence-electron chi connectivity index (χ2n) is 4.94. The van der Waals surface area contributed by atoms with E-state index in [4.69, 9.17) is 9.47 Å². The molecule has 4 heteroatoms. The number of aldehydes is 1. The van der Waals surface area contributed by atoms with Gasteiger partial charge in [-0.25, -0.2) is 0 Å². The third-order valence-electron chi connectivity index (χ3n) is 3.68. The number of ether oxygens (including phenoxy) is 2. The SMILES string of the molecule is COc1cc(CC2CCNCC2)cc(C=O)c1OC. The molecule has 1 saturated heterocycles. The second-order valence-corrected chi connectivity index (χ2v) is 4.94. The third-order valence-corrected chi connectivity index (χ3v) is 3.68. The van der Waals surface area contributed by atoms with Gasteiger partial charge in [-0.2, -0.15) is 0 Å². The number of rotatable bonds is 5. The van der Waals surface area contributed by atoms with Crippen molar-refractivity contribution in [3.63, 3.8) is 0 Å². The first-order valence-electron chi connectivity index (χ1n) is 6.69. The Morgan fingerprint density at radius 3 is 2.58 bits per heavy atom. The first-order valence-corrected chi connectivity index (χ1v) is 6.69. The fourth-order valence-electron chi connectivity index (χ4n) is 2.68. The number of carbonyl (C=O) groups is 1. The highest BCUT2D eigenvalue weighted by Gasteiger charge is 2.17. The van der Waals surface area contributed by atoms with Crippen molar-refractivity contribution in [3.05, 3.63) is 23.3 Å². The predicted molar refractivity (Wildman–Crippen MR) is 74.2 cm³/mol.